The molecule has 1 aromatic carbocycles. The topological polar surface area (TPSA) is 29.1 Å². The standard InChI is InChI=1S/C13H18ClNO.Y/c1-5-8(2)13(16)15-12-9(3)6-11(14)7-10(12)4;/h6-8H,5H2,1-4H3,(H,15,16);. The fourth-order valence-corrected chi connectivity index (χ4v) is 1.87. The summed E-state index contributed by atoms with van der Waals surface area (Å²) in [5.41, 5.74) is 2.89. The van der Waals surface area contributed by atoms with Crippen molar-refractivity contribution in [1.82, 2.24) is 0 Å². The smallest absolute Gasteiger partial charge is 0.227 e. The van der Waals surface area contributed by atoms with E-state index in [1.54, 1.807) is 0 Å². The molecule has 1 unspecified atom stereocenters. The fourth-order valence-electron chi connectivity index (χ4n) is 1.54. The minimum Gasteiger partial charge on any atom is -0.325 e. The minimum absolute atomic E-state index is 0. The van der Waals surface area contributed by atoms with Gasteiger partial charge in [-0.15, -0.1) is 0 Å². The van der Waals surface area contributed by atoms with E-state index in [-0.39, 0.29) is 44.5 Å². The molecule has 0 spiro atoms. The van der Waals surface area contributed by atoms with E-state index >= 15 is 0 Å². The van der Waals surface area contributed by atoms with Crippen molar-refractivity contribution in [2.45, 2.75) is 34.1 Å². The van der Waals surface area contributed by atoms with E-state index in [4.69, 9.17) is 11.6 Å². The first-order chi connectivity index (χ1) is 7.45. The van der Waals surface area contributed by atoms with Gasteiger partial charge in [0.1, 0.15) is 0 Å². The van der Waals surface area contributed by atoms with Crippen LogP contribution in [0.5, 0.6) is 0 Å². The van der Waals surface area contributed by atoms with E-state index in [0.29, 0.717) is 5.02 Å². The van der Waals surface area contributed by atoms with Crippen molar-refractivity contribution in [2.75, 3.05) is 5.32 Å². The minimum atomic E-state index is 0. The monoisotopic (exact) mass is 328 g/mol. The molecule has 4 heteroatoms. The molecular formula is C13H18ClNOY. The maximum atomic E-state index is 11.8. The van der Waals surface area contributed by atoms with Crippen LogP contribution in [0, 0.1) is 19.8 Å². The van der Waals surface area contributed by atoms with E-state index in [1.807, 2.05) is 39.8 Å². The molecule has 0 aliphatic rings. The van der Waals surface area contributed by atoms with Crippen LogP contribution in [-0.4, -0.2) is 5.91 Å². The molecule has 0 fully saturated rings. The maximum absolute atomic E-state index is 11.8. The predicted octanol–water partition coefficient (Wildman–Crippen LogP) is 3.94. The molecule has 1 radical (unpaired) electrons. The molecule has 1 rings (SSSR count). The summed E-state index contributed by atoms with van der Waals surface area (Å²) < 4.78 is 0. The van der Waals surface area contributed by atoms with E-state index in [1.165, 1.54) is 0 Å². The van der Waals surface area contributed by atoms with Crippen molar-refractivity contribution >= 4 is 23.2 Å². The zero-order valence-electron chi connectivity index (χ0n) is 10.8. The van der Waals surface area contributed by atoms with Crippen molar-refractivity contribution in [1.29, 1.82) is 0 Å². The summed E-state index contributed by atoms with van der Waals surface area (Å²) in [7, 11) is 0. The van der Waals surface area contributed by atoms with Gasteiger partial charge in [-0.05, 0) is 43.5 Å². The second-order valence-electron chi connectivity index (χ2n) is 4.21. The third-order valence-corrected chi connectivity index (χ3v) is 3.02. The Kier molecular flexibility index (Phi) is 7.54. The van der Waals surface area contributed by atoms with Gasteiger partial charge in [0.2, 0.25) is 5.91 Å². The van der Waals surface area contributed by atoms with E-state index < -0.39 is 0 Å². The molecule has 1 atom stereocenters. The number of anilines is 1. The molecule has 0 aliphatic carbocycles. The predicted molar refractivity (Wildman–Crippen MR) is 69.0 cm³/mol. The molecule has 0 heterocycles. The molecule has 0 saturated carbocycles. The van der Waals surface area contributed by atoms with Gasteiger partial charge in [0.25, 0.3) is 0 Å². The number of nitrogens with one attached hydrogen (secondary N) is 1. The summed E-state index contributed by atoms with van der Waals surface area (Å²) >= 11 is 5.94. The SMILES string of the molecule is CCC(C)C(=O)Nc1c(C)cc(Cl)cc1C.[Y]. The number of hydrogen-bond acceptors (Lipinski definition) is 1. The van der Waals surface area contributed by atoms with E-state index in [0.717, 1.165) is 23.2 Å². The Morgan fingerprint density at radius 1 is 1.35 bits per heavy atom. The summed E-state index contributed by atoms with van der Waals surface area (Å²) in [5, 5.41) is 3.66. The summed E-state index contributed by atoms with van der Waals surface area (Å²) in [5.74, 6) is 0.102. The van der Waals surface area contributed by atoms with Crippen molar-refractivity contribution in [2.24, 2.45) is 5.92 Å². The van der Waals surface area contributed by atoms with Crippen LogP contribution in [0.25, 0.3) is 0 Å². The van der Waals surface area contributed by atoms with Gasteiger partial charge in [-0.2, -0.15) is 0 Å². The van der Waals surface area contributed by atoms with Crippen molar-refractivity contribution in [3.63, 3.8) is 0 Å². The molecule has 17 heavy (non-hydrogen) atoms. The van der Waals surface area contributed by atoms with Gasteiger partial charge >= 0.3 is 0 Å². The molecule has 0 saturated heterocycles. The maximum Gasteiger partial charge on any atom is 0.227 e. The van der Waals surface area contributed by atoms with Crippen molar-refractivity contribution < 1.29 is 37.5 Å². The molecule has 1 amide bonds. The van der Waals surface area contributed by atoms with Gasteiger partial charge in [-0.25, -0.2) is 0 Å². The Bertz CT molecular complexity index is 383. The van der Waals surface area contributed by atoms with Crippen LogP contribution in [0.3, 0.4) is 0 Å². The normalized spacial score (nSPS) is 11.6. The van der Waals surface area contributed by atoms with Crippen LogP contribution in [-0.2, 0) is 37.5 Å². The average Bonchev–Trinajstić information content (AvgIpc) is 2.21. The van der Waals surface area contributed by atoms with E-state index in [2.05, 4.69) is 5.32 Å². The van der Waals surface area contributed by atoms with Crippen molar-refractivity contribution in [3.05, 3.63) is 28.3 Å². The van der Waals surface area contributed by atoms with Crippen LogP contribution in [0.2, 0.25) is 5.02 Å². The molecule has 1 N–H and O–H groups in total. The zero-order valence-corrected chi connectivity index (χ0v) is 14.4. The Hall–Kier alpha value is 0.0839. The molecular weight excluding hydrogens is 311 g/mol. The van der Waals surface area contributed by atoms with Crippen LogP contribution in [0.4, 0.5) is 5.69 Å². The number of amides is 1. The first kappa shape index (κ1) is 17.1. The number of rotatable bonds is 3. The van der Waals surface area contributed by atoms with Crippen LogP contribution in [0.15, 0.2) is 12.1 Å². The number of aryl methyl sites for hydroxylation is 2. The molecule has 0 aliphatic heterocycles. The Balaban J connectivity index is 0.00000256. The van der Waals surface area contributed by atoms with Gasteiger partial charge in [0.05, 0.1) is 0 Å². The molecule has 0 bridgehead atoms. The van der Waals surface area contributed by atoms with Crippen LogP contribution in [0.1, 0.15) is 31.4 Å². The Labute approximate surface area is 133 Å². The zero-order chi connectivity index (χ0) is 12.3. The Morgan fingerprint density at radius 3 is 2.24 bits per heavy atom. The van der Waals surface area contributed by atoms with Gasteiger partial charge in [0, 0.05) is 49.3 Å². The summed E-state index contributed by atoms with van der Waals surface area (Å²) in [6, 6.07) is 3.72. The second kappa shape index (κ2) is 7.50. The number of halogens is 1. The van der Waals surface area contributed by atoms with Crippen LogP contribution >= 0.6 is 11.6 Å². The van der Waals surface area contributed by atoms with E-state index in [9.17, 15) is 4.79 Å². The largest absolute Gasteiger partial charge is 0.325 e. The van der Waals surface area contributed by atoms with Crippen molar-refractivity contribution in [3.8, 4) is 0 Å². The summed E-state index contributed by atoms with van der Waals surface area (Å²) in [6.45, 7) is 7.83. The third kappa shape index (κ3) is 4.69. The number of benzene rings is 1. The van der Waals surface area contributed by atoms with Crippen LogP contribution < -0.4 is 5.32 Å². The average molecular weight is 329 g/mol. The number of hydrogen-bond donors (Lipinski definition) is 1. The van der Waals surface area contributed by atoms with Gasteiger partial charge in [0.15, 0.2) is 0 Å². The molecule has 0 aromatic heterocycles. The first-order valence-corrected chi connectivity index (χ1v) is 5.91. The Morgan fingerprint density at radius 2 is 1.82 bits per heavy atom. The molecule has 1 aromatic rings. The summed E-state index contributed by atoms with van der Waals surface area (Å²) in [6.07, 6.45) is 0.845. The summed E-state index contributed by atoms with van der Waals surface area (Å²) in [4.78, 5) is 11.8. The van der Waals surface area contributed by atoms with Gasteiger partial charge < -0.3 is 5.32 Å². The molecule has 2 nitrogen and oxygen atoms in total. The number of carbonyl (C=O) groups is 1. The second-order valence-corrected chi connectivity index (χ2v) is 4.65. The molecule has 91 valence electrons. The van der Waals surface area contributed by atoms with Gasteiger partial charge in [-0.3, -0.25) is 4.79 Å². The third-order valence-electron chi connectivity index (χ3n) is 2.81. The quantitative estimate of drug-likeness (QED) is 0.894. The fraction of sp³-hybridized carbons (Fsp3) is 0.462. The first-order valence-electron chi connectivity index (χ1n) is 5.53. The van der Waals surface area contributed by atoms with Gasteiger partial charge in [-0.1, -0.05) is 25.4 Å². The number of carbonyl (C=O) groups excluding carboxylic acids is 1.